The predicted octanol–water partition coefficient (Wildman–Crippen LogP) is 3.59. The summed E-state index contributed by atoms with van der Waals surface area (Å²) in [6.07, 6.45) is 0. The van der Waals surface area contributed by atoms with Crippen molar-refractivity contribution in [1.82, 2.24) is 0 Å². The average Bonchev–Trinajstić information content (AvgIpc) is 2.60. The van der Waals surface area contributed by atoms with Crippen molar-refractivity contribution >= 4 is 28.9 Å². The van der Waals surface area contributed by atoms with Crippen LogP contribution >= 0.6 is 11.6 Å². The molecule has 0 saturated heterocycles. The molecule has 0 aromatic heterocycles. The lowest BCUT2D eigenvalue weighted by molar-refractivity contribution is -0.114. The molecule has 6 nitrogen and oxygen atoms in total. The van der Waals surface area contributed by atoms with Crippen molar-refractivity contribution < 1.29 is 14.3 Å². The number of halogens is 1. The fraction of sp³-hybridized carbons (Fsp3) is 0.222. The van der Waals surface area contributed by atoms with Crippen molar-refractivity contribution in [3.05, 3.63) is 46.5 Å². The normalized spacial score (nSPS) is 9.88. The molecule has 0 aliphatic carbocycles. The summed E-state index contributed by atoms with van der Waals surface area (Å²) in [5.41, 5.74) is 2.58. The topological polar surface area (TPSA) is 83.4 Å². The molecule has 2 rings (SSSR count). The number of nitriles is 1. The first-order chi connectivity index (χ1) is 12.0. The molecular formula is C18H18ClN3O3. The van der Waals surface area contributed by atoms with E-state index in [1.807, 2.05) is 19.1 Å². The fourth-order valence-corrected chi connectivity index (χ4v) is 2.46. The van der Waals surface area contributed by atoms with E-state index in [9.17, 15) is 4.79 Å². The van der Waals surface area contributed by atoms with Gasteiger partial charge in [-0.2, -0.15) is 5.26 Å². The molecule has 130 valence electrons. The molecule has 0 bridgehead atoms. The lowest BCUT2D eigenvalue weighted by Gasteiger charge is -2.14. The first kappa shape index (κ1) is 18.4. The van der Waals surface area contributed by atoms with Crippen molar-refractivity contribution in [2.24, 2.45) is 0 Å². The Morgan fingerprint density at radius 3 is 2.48 bits per heavy atom. The first-order valence-electron chi connectivity index (χ1n) is 7.44. The Kier molecular flexibility index (Phi) is 6.09. The number of benzene rings is 2. The SMILES string of the molecule is COc1cc(C)c(NCC(=O)Nc2ccc(C#N)c(Cl)c2)cc1OC. The van der Waals surface area contributed by atoms with Crippen LogP contribution in [-0.2, 0) is 4.79 Å². The molecular weight excluding hydrogens is 342 g/mol. The molecule has 0 unspecified atom stereocenters. The fourth-order valence-electron chi connectivity index (χ4n) is 2.24. The lowest BCUT2D eigenvalue weighted by atomic mass is 10.1. The van der Waals surface area contributed by atoms with Gasteiger partial charge in [-0.15, -0.1) is 0 Å². The molecule has 0 radical (unpaired) electrons. The van der Waals surface area contributed by atoms with Crippen molar-refractivity contribution in [3.63, 3.8) is 0 Å². The Hall–Kier alpha value is -2.91. The minimum atomic E-state index is -0.241. The van der Waals surface area contributed by atoms with E-state index in [0.717, 1.165) is 11.3 Å². The third kappa shape index (κ3) is 4.55. The lowest BCUT2D eigenvalue weighted by Crippen LogP contribution is -2.22. The van der Waals surface area contributed by atoms with Crippen LogP contribution in [0.2, 0.25) is 5.02 Å². The van der Waals surface area contributed by atoms with E-state index in [-0.39, 0.29) is 12.5 Å². The van der Waals surface area contributed by atoms with Gasteiger partial charge in [0.05, 0.1) is 31.4 Å². The summed E-state index contributed by atoms with van der Waals surface area (Å²) in [6, 6.07) is 10.3. The van der Waals surface area contributed by atoms with Crippen LogP contribution < -0.4 is 20.1 Å². The maximum Gasteiger partial charge on any atom is 0.243 e. The quantitative estimate of drug-likeness (QED) is 0.823. The Labute approximate surface area is 151 Å². The molecule has 2 aromatic rings. The van der Waals surface area contributed by atoms with Gasteiger partial charge < -0.3 is 20.1 Å². The molecule has 25 heavy (non-hydrogen) atoms. The zero-order valence-electron chi connectivity index (χ0n) is 14.1. The number of anilines is 2. The van der Waals surface area contributed by atoms with Gasteiger partial charge in [0.15, 0.2) is 11.5 Å². The van der Waals surface area contributed by atoms with Gasteiger partial charge in [0.2, 0.25) is 5.91 Å². The Morgan fingerprint density at radius 2 is 1.88 bits per heavy atom. The summed E-state index contributed by atoms with van der Waals surface area (Å²) >= 11 is 5.95. The number of hydrogen-bond donors (Lipinski definition) is 2. The Bertz CT molecular complexity index is 831. The monoisotopic (exact) mass is 359 g/mol. The van der Waals surface area contributed by atoms with Crippen molar-refractivity contribution in [3.8, 4) is 17.6 Å². The third-order valence-electron chi connectivity index (χ3n) is 3.54. The number of aryl methyl sites for hydroxylation is 1. The maximum atomic E-state index is 12.1. The number of hydrogen-bond acceptors (Lipinski definition) is 5. The van der Waals surface area contributed by atoms with Crippen LogP contribution in [0.4, 0.5) is 11.4 Å². The van der Waals surface area contributed by atoms with Gasteiger partial charge in [-0.25, -0.2) is 0 Å². The molecule has 1 amide bonds. The van der Waals surface area contributed by atoms with E-state index < -0.39 is 0 Å². The molecule has 0 atom stereocenters. The number of carbonyl (C=O) groups is 1. The second-order valence-electron chi connectivity index (χ2n) is 5.23. The van der Waals surface area contributed by atoms with E-state index in [4.69, 9.17) is 26.3 Å². The summed E-state index contributed by atoms with van der Waals surface area (Å²) in [5.74, 6) is 0.965. The highest BCUT2D eigenvalue weighted by Crippen LogP contribution is 2.32. The molecule has 2 N–H and O–H groups in total. The molecule has 0 spiro atoms. The molecule has 0 heterocycles. The summed E-state index contributed by atoms with van der Waals surface area (Å²) in [5, 5.41) is 14.9. The van der Waals surface area contributed by atoms with Crippen LogP contribution in [0.25, 0.3) is 0 Å². The first-order valence-corrected chi connectivity index (χ1v) is 7.82. The van der Waals surface area contributed by atoms with E-state index in [2.05, 4.69) is 10.6 Å². The van der Waals surface area contributed by atoms with E-state index in [1.165, 1.54) is 0 Å². The van der Waals surface area contributed by atoms with Crippen LogP contribution in [0.15, 0.2) is 30.3 Å². The Morgan fingerprint density at radius 1 is 1.20 bits per heavy atom. The smallest absolute Gasteiger partial charge is 0.243 e. The molecule has 7 heteroatoms. The molecule has 0 aliphatic heterocycles. The number of rotatable bonds is 6. The molecule has 0 fully saturated rings. The van der Waals surface area contributed by atoms with Crippen LogP contribution in [0.3, 0.4) is 0 Å². The summed E-state index contributed by atoms with van der Waals surface area (Å²) in [4.78, 5) is 12.1. The third-order valence-corrected chi connectivity index (χ3v) is 3.86. The minimum Gasteiger partial charge on any atom is -0.493 e. The van der Waals surface area contributed by atoms with Gasteiger partial charge in [0.25, 0.3) is 0 Å². The van der Waals surface area contributed by atoms with Crippen LogP contribution in [0.5, 0.6) is 11.5 Å². The second-order valence-corrected chi connectivity index (χ2v) is 5.64. The maximum absolute atomic E-state index is 12.1. The van der Waals surface area contributed by atoms with Gasteiger partial charge in [-0.1, -0.05) is 11.6 Å². The second kappa shape index (κ2) is 8.27. The van der Waals surface area contributed by atoms with Gasteiger partial charge in [0, 0.05) is 17.4 Å². The van der Waals surface area contributed by atoms with E-state index >= 15 is 0 Å². The highest BCUT2D eigenvalue weighted by molar-refractivity contribution is 6.32. The number of methoxy groups -OCH3 is 2. The van der Waals surface area contributed by atoms with Crippen molar-refractivity contribution in [2.75, 3.05) is 31.4 Å². The van der Waals surface area contributed by atoms with Gasteiger partial charge in [0.1, 0.15) is 6.07 Å². The van der Waals surface area contributed by atoms with Crippen LogP contribution in [0.1, 0.15) is 11.1 Å². The average molecular weight is 360 g/mol. The summed E-state index contributed by atoms with van der Waals surface area (Å²) < 4.78 is 10.5. The van der Waals surface area contributed by atoms with Crippen LogP contribution in [0, 0.1) is 18.3 Å². The van der Waals surface area contributed by atoms with Crippen molar-refractivity contribution in [1.29, 1.82) is 5.26 Å². The highest BCUT2D eigenvalue weighted by Gasteiger charge is 2.10. The Balaban J connectivity index is 2.03. The van der Waals surface area contributed by atoms with Gasteiger partial charge in [-0.05, 0) is 36.8 Å². The summed E-state index contributed by atoms with van der Waals surface area (Å²) in [7, 11) is 3.12. The number of carbonyl (C=O) groups excluding carboxylic acids is 1. The standard InChI is InChI=1S/C18H18ClN3O3/c1-11-6-16(24-2)17(25-3)8-15(11)21-10-18(23)22-13-5-4-12(9-20)14(19)7-13/h4-8,21H,10H2,1-3H3,(H,22,23). The predicted molar refractivity (Wildman–Crippen MR) is 97.6 cm³/mol. The number of nitrogens with zero attached hydrogens (tertiary/aromatic N) is 1. The van der Waals surface area contributed by atoms with Gasteiger partial charge in [-0.3, -0.25) is 4.79 Å². The molecule has 0 saturated carbocycles. The van der Waals surface area contributed by atoms with Crippen LogP contribution in [-0.4, -0.2) is 26.7 Å². The number of amides is 1. The summed E-state index contributed by atoms with van der Waals surface area (Å²) in [6.45, 7) is 1.97. The molecule has 2 aromatic carbocycles. The number of ether oxygens (including phenoxy) is 2. The van der Waals surface area contributed by atoms with E-state index in [1.54, 1.807) is 38.5 Å². The number of nitrogens with one attached hydrogen (secondary N) is 2. The zero-order chi connectivity index (χ0) is 18.4. The highest BCUT2D eigenvalue weighted by atomic mass is 35.5. The minimum absolute atomic E-state index is 0.0634. The van der Waals surface area contributed by atoms with Gasteiger partial charge >= 0.3 is 0 Å². The molecule has 0 aliphatic rings. The zero-order valence-corrected chi connectivity index (χ0v) is 14.9. The largest absolute Gasteiger partial charge is 0.493 e. The van der Waals surface area contributed by atoms with Crippen molar-refractivity contribution in [2.45, 2.75) is 6.92 Å². The van der Waals surface area contributed by atoms with E-state index in [0.29, 0.717) is 27.8 Å².